The van der Waals surface area contributed by atoms with E-state index in [9.17, 15) is 9.18 Å². The van der Waals surface area contributed by atoms with Crippen LogP contribution in [0.1, 0.15) is 45.1 Å². The lowest BCUT2D eigenvalue weighted by Gasteiger charge is -2.33. The van der Waals surface area contributed by atoms with Crippen LogP contribution in [0.5, 0.6) is 0 Å². The minimum absolute atomic E-state index is 0.186. The van der Waals surface area contributed by atoms with Crippen molar-refractivity contribution >= 4 is 6.03 Å². The zero-order valence-corrected chi connectivity index (χ0v) is 14.9. The molecule has 134 valence electrons. The van der Waals surface area contributed by atoms with Gasteiger partial charge in [-0.15, -0.1) is 0 Å². The number of amides is 2. The summed E-state index contributed by atoms with van der Waals surface area (Å²) in [6, 6.07) is 6.52. The number of carbonyl (C=O) groups excluding carboxylic acids is 1. The fourth-order valence-electron chi connectivity index (χ4n) is 3.59. The number of carbonyl (C=O) groups is 1. The van der Waals surface area contributed by atoms with Crippen molar-refractivity contribution in [1.82, 2.24) is 15.5 Å². The molecule has 1 unspecified atom stereocenters. The standard InChI is InChI=1S/C19H30FN3O/c1-3-16(4-2)18(23-10-5-6-11-23)14-22-19(24)21-13-15-8-7-9-17(20)12-15/h7-9,12,16,18H,3-6,10-11,13-14H2,1-2H3,(H2,21,22,24). The molecule has 2 amide bonds. The number of nitrogens with one attached hydrogen (secondary N) is 2. The summed E-state index contributed by atoms with van der Waals surface area (Å²) < 4.78 is 13.2. The second-order valence-electron chi connectivity index (χ2n) is 6.58. The molecule has 1 heterocycles. The van der Waals surface area contributed by atoms with Crippen molar-refractivity contribution in [2.24, 2.45) is 5.92 Å². The minimum atomic E-state index is -0.280. The number of likely N-dealkylation sites (tertiary alicyclic amines) is 1. The van der Waals surface area contributed by atoms with Crippen LogP contribution in [0.25, 0.3) is 0 Å². The third-order valence-electron chi connectivity index (χ3n) is 5.02. The first kappa shape index (κ1) is 18.7. The van der Waals surface area contributed by atoms with E-state index in [1.54, 1.807) is 12.1 Å². The van der Waals surface area contributed by atoms with Crippen molar-refractivity contribution < 1.29 is 9.18 Å². The first-order chi connectivity index (χ1) is 11.6. The van der Waals surface area contributed by atoms with Crippen LogP contribution < -0.4 is 10.6 Å². The number of hydrogen-bond donors (Lipinski definition) is 2. The Morgan fingerprint density at radius 3 is 2.54 bits per heavy atom. The lowest BCUT2D eigenvalue weighted by molar-refractivity contribution is 0.161. The largest absolute Gasteiger partial charge is 0.337 e. The van der Waals surface area contributed by atoms with Crippen molar-refractivity contribution in [2.75, 3.05) is 19.6 Å². The van der Waals surface area contributed by atoms with Gasteiger partial charge in [0.1, 0.15) is 5.82 Å². The average Bonchev–Trinajstić information content (AvgIpc) is 3.11. The Bertz CT molecular complexity index is 511. The number of hydrogen-bond acceptors (Lipinski definition) is 2. The van der Waals surface area contributed by atoms with Crippen LogP contribution in [0.4, 0.5) is 9.18 Å². The Morgan fingerprint density at radius 2 is 1.92 bits per heavy atom. The molecule has 1 aliphatic heterocycles. The maximum Gasteiger partial charge on any atom is 0.315 e. The topological polar surface area (TPSA) is 44.4 Å². The molecule has 0 bridgehead atoms. The normalized spacial score (nSPS) is 16.3. The molecular weight excluding hydrogens is 305 g/mol. The summed E-state index contributed by atoms with van der Waals surface area (Å²) in [5.74, 6) is 0.323. The molecular formula is C19H30FN3O. The predicted octanol–water partition coefficient (Wildman–Crippen LogP) is 3.53. The smallest absolute Gasteiger partial charge is 0.315 e. The molecule has 1 saturated heterocycles. The lowest BCUT2D eigenvalue weighted by atomic mass is 9.93. The van der Waals surface area contributed by atoms with Crippen LogP contribution in [0, 0.1) is 11.7 Å². The molecule has 1 aromatic carbocycles. The SMILES string of the molecule is CCC(CC)C(CNC(=O)NCc1cccc(F)c1)N1CCCC1. The summed E-state index contributed by atoms with van der Waals surface area (Å²) >= 11 is 0. The van der Waals surface area contributed by atoms with E-state index < -0.39 is 0 Å². The zero-order valence-electron chi connectivity index (χ0n) is 14.9. The zero-order chi connectivity index (χ0) is 17.4. The molecule has 1 atom stereocenters. The highest BCUT2D eigenvalue weighted by Crippen LogP contribution is 2.22. The van der Waals surface area contributed by atoms with E-state index in [1.165, 1.54) is 25.0 Å². The van der Waals surface area contributed by atoms with E-state index in [-0.39, 0.29) is 11.8 Å². The monoisotopic (exact) mass is 335 g/mol. The van der Waals surface area contributed by atoms with Crippen LogP contribution in [0.3, 0.4) is 0 Å². The molecule has 0 spiro atoms. The molecule has 5 heteroatoms. The highest BCUT2D eigenvalue weighted by molar-refractivity contribution is 5.73. The first-order valence-electron chi connectivity index (χ1n) is 9.14. The van der Waals surface area contributed by atoms with Crippen LogP contribution in [0.15, 0.2) is 24.3 Å². The molecule has 0 radical (unpaired) electrons. The van der Waals surface area contributed by atoms with Gasteiger partial charge in [-0.1, -0.05) is 38.8 Å². The molecule has 4 nitrogen and oxygen atoms in total. The molecule has 2 rings (SSSR count). The van der Waals surface area contributed by atoms with Crippen LogP contribution >= 0.6 is 0 Å². The number of rotatable bonds is 8. The van der Waals surface area contributed by atoms with Crippen LogP contribution in [0.2, 0.25) is 0 Å². The molecule has 1 aliphatic rings. The van der Waals surface area contributed by atoms with Gasteiger partial charge in [0.05, 0.1) is 0 Å². The number of urea groups is 1. The first-order valence-corrected chi connectivity index (χ1v) is 9.14. The van der Waals surface area contributed by atoms with E-state index >= 15 is 0 Å². The van der Waals surface area contributed by atoms with Gasteiger partial charge in [-0.3, -0.25) is 4.90 Å². The summed E-state index contributed by atoms with van der Waals surface area (Å²) in [5, 5.41) is 5.82. The maximum absolute atomic E-state index is 13.2. The van der Waals surface area contributed by atoms with Gasteiger partial charge in [0.15, 0.2) is 0 Å². The summed E-state index contributed by atoms with van der Waals surface area (Å²) in [5.41, 5.74) is 0.765. The van der Waals surface area contributed by atoms with E-state index in [0.29, 0.717) is 25.0 Å². The lowest BCUT2D eigenvalue weighted by Crippen LogP contribution is -2.48. The summed E-state index contributed by atoms with van der Waals surface area (Å²) in [7, 11) is 0. The number of halogens is 1. The molecule has 24 heavy (non-hydrogen) atoms. The van der Waals surface area contributed by atoms with Crippen molar-refractivity contribution in [2.45, 2.75) is 52.1 Å². The van der Waals surface area contributed by atoms with Crippen LogP contribution in [-0.2, 0) is 6.54 Å². The van der Waals surface area contributed by atoms with E-state index in [2.05, 4.69) is 29.4 Å². The Hall–Kier alpha value is -1.62. The van der Waals surface area contributed by atoms with E-state index in [0.717, 1.165) is 31.5 Å². The Kier molecular flexibility index (Phi) is 7.50. The van der Waals surface area contributed by atoms with Crippen molar-refractivity contribution in [3.05, 3.63) is 35.6 Å². The van der Waals surface area contributed by atoms with Crippen molar-refractivity contribution in [3.63, 3.8) is 0 Å². The number of nitrogens with zero attached hydrogens (tertiary/aromatic N) is 1. The van der Waals surface area contributed by atoms with E-state index in [4.69, 9.17) is 0 Å². The van der Waals surface area contributed by atoms with Crippen LogP contribution in [-0.4, -0.2) is 36.6 Å². The molecule has 1 fully saturated rings. The van der Waals surface area contributed by atoms with Crippen molar-refractivity contribution in [3.8, 4) is 0 Å². The van der Waals surface area contributed by atoms with Gasteiger partial charge in [0, 0.05) is 19.1 Å². The summed E-state index contributed by atoms with van der Waals surface area (Å²) in [6.07, 6.45) is 4.76. The third-order valence-corrected chi connectivity index (χ3v) is 5.02. The highest BCUT2D eigenvalue weighted by Gasteiger charge is 2.27. The van der Waals surface area contributed by atoms with Gasteiger partial charge in [-0.05, 0) is 49.5 Å². The molecule has 1 aromatic rings. The Balaban J connectivity index is 1.82. The Morgan fingerprint density at radius 1 is 1.21 bits per heavy atom. The maximum atomic E-state index is 13.2. The minimum Gasteiger partial charge on any atom is -0.337 e. The van der Waals surface area contributed by atoms with Gasteiger partial charge in [-0.25, -0.2) is 9.18 Å². The van der Waals surface area contributed by atoms with Gasteiger partial charge < -0.3 is 10.6 Å². The second kappa shape index (κ2) is 9.62. The predicted molar refractivity (Wildman–Crippen MR) is 95.3 cm³/mol. The summed E-state index contributed by atoms with van der Waals surface area (Å²) in [4.78, 5) is 14.6. The molecule has 0 aliphatic carbocycles. The third kappa shape index (κ3) is 5.48. The van der Waals surface area contributed by atoms with E-state index in [1.807, 2.05) is 0 Å². The fraction of sp³-hybridized carbons (Fsp3) is 0.632. The van der Waals surface area contributed by atoms with Gasteiger partial charge in [0.25, 0.3) is 0 Å². The molecule has 2 N–H and O–H groups in total. The summed E-state index contributed by atoms with van der Waals surface area (Å²) in [6.45, 7) is 7.72. The quantitative estimate of drug-likeness (QED) is 0.763. The molecule has 0 aromatic heterocycles. The highest BCUT2D eigenvalue weighted by atomic mass is 19.1. The Labute approximate surface area is 144 Å². The average molecular weight is 335 g/mol. The van der Waals surface area contributed by atoms with Crippen molar-refractivity contribution in [1.29, 1.82) is 0 Å². The van der Waals surface area contributed by atoms with Gasteiger partial charge >= 0.3 is 6.03 Å². The second-order valence-corrected chi connectivity index (χ2v) is 6.58. The molecule has 0 saturated carbocycles. The van der Waals surface area contributed by atoms with Gasteiger partial charge in [-0.2, -0.15) is 0 Å². The van der Waals surface area contributed by atoms with Gasteiger partial charge in [0.2, 0.25) is 0 Å². The number of benzene rings is 1. The fourth-order valence-corrected chi connectivity index (χ4v) is 3.59.